The Morgan fingerprint density at radius 3 is 3.05 bits per heavy atom. The van der Waals surface area contributed by atoms with E-state index < -0.39 is 0 Å². The summed E-state index contributed by atoms with van der Waals surface area (Å²) in [4.78, 5) is 8.41. The van der Waals surface area contributed by atoms with Crippen LogP contribution in [0.3, 0.4) is 0 Å². The maximum atomic E-state index is 8.71. The maximum Gasteiger partial charge on any atom is 0.276 e. The second kappa shape index (κ2) is 5.38. The maximum absolute atomic E-state index is 8.71. The molecule has 0 N–H and O–H groups in total. The van der Waals surface area contributed by atoms with E-state index in [9.17, 15) is 0 Å². The van der Waals surface area contributed by atoms with Gasteiger partial charge in [0.15, 0.2) is 0 Å². The minimum atomic E-state index is -0.116. The van der Waals surface area contributed by atoms with Crippen LogP contribution in [0.1, 0.15) is 17.5 Å². The van der Waals surface area contributed by atoms with E-state index in [0.717, 1.165) is 11.5 Å². The molecule has 1 unspecified atom stereocenters. The van der Waals surface area contributed by atoms with Crippen LogP contribution < -0.4 is 0 Å². The lowest BCUT2D eigenvalue weighted by molar-refractivity contribution is 0.0677. The Balaban J connectivity index is 1.81. The molecule has 3 rings (SSSR count). The highest BCUT2D eigenvalue weighted by molar-refractivity contribution is 7.99. The highest BCUT2D eigenvalue weighted by atomic mass is 32.2. The van der Waals surface area contributed by atoms with E-state index in [1.54, 1.807) is 12.1 Å². The fourth-order valence-corrected chi connectivity index (χ4v) is 2.53. The first-order valence-electron chi connectivity index (χ1n) is 5.76. The van der Waals surface area contributed by atoms with Gasteiger partial charge in [0.05, 0.1) is 12.2 Å². The number of thioether (sulfide) groups is 1. The molecule has 0 amide bonds. The molecule has 1 fully saturated rings. The molecule has 7 heteroatoms. The zero-order chi connectivity index (χ0) is 13.1. The standard InChI is InChI=1S/C12H10N4O2S/c13-5-8-1-2-9(14-6-8)12-15-11(16-18-12)10-7-19-4-3-17-10/h1-2,6,10H,3-4,7H2. The van der Waals surface area contributed by atoms with Gasteiger partial charge >= 0.3 is 0 Å². The van der Waals surface area contributed by atoms with Gasteiger partial charge in [0.25, 0.3) is 5.89 Å². The molecule has 1 atom stereocenters. The summed E-state index contributed by atoms with van der Waals surface area (Å²) in [5, 5.41) is 12.6. The van der Waals surface area contributed by atoms with Crippen LogP contribution in [0.15, 0.2) is 22.9 Å². The number of rotatable bonds is 2. The molecule has 1 saturated heterocycles. The van der Waals surface area contributed by atoms with Crippen LogP contribution in [0, 0.1) is 11.3 Å². The minimum Gasteiger partial charge on any atom is -0.368 e. The largest absolute Gasteiger partial charge is 0.368 e. The highest BCUT2D eigenvalue weighted by Gasteiger charge is 2.22. The Morgan fingerprint density at radius 1 is 1.42 bits per heavy atom. The Hall–Kier alpha value is -1.91. The summed E-state index contributed by atoms with van der Waals surface area (Å²) >= 11 is 1.81. The van der Waals surface area contributed by atoms with Crippen molar-refractivity contribution in [2.75, 3.05) is 18.1 Å². The van der Waals surface area contributed by atoms with Crippen LogP contribution in [0.5, 0.6) is 0 Å². The lowest BCUT2D eigenvalue weighted by Gasteiger charge is -2.18. The van der Waals surface area contributed by atoms with Crippen LogP contribution in [0.25, 0.3) is 11.6 Å². The quantitative estimate of drug-likeness (QED) is 0.825. The molecule has 6 nitrogen and oxygen atoms in total. The topological polar surface area (TPSA) is 84.8 Å². The van der Waals surface area contributed by atoms with Crippen molar-refractivity contribution in [2.45, 2.75) is 6.10 Å². The molecule has 96 valence electrons. The van der Waals surface area contributed by atoms with Crippen LogP contribution >= 0.6 is 11.8 Å². The van der Waals surface area contributed by atoms with E-state index in [2.05, 4.69) is 15.1 Å². The SMILES string of the molecule is N#Cc1ccc(-c2nc(C3CSCCO3)no2)nc1. The van der Waals surface area contributed by atoms with Gasteiger partial charge in [-0.15, -0.1) is 0 Å². The van der Waals surface area contributed by atoms with Crippen molar-refractivity contribution in [2.24, 2.45) is 0 Å². The number of hydrogen-bond donors (Lipinski definition) is 0. The van der Waals surface area contributed by atoms with Crippen LogP contribution in [0.4, 0.5) is 0 Å². The third-order valence-electron chi connectivity index (χ3n) is 2.66. The predicted molar refractivity (Wildman–Crippen MR) is 68.3 cm³/mol. The lowest BCUT2D eigenvalue weighted by atomic mass is 10.2. The van der Waals surface area contributed by atoms with E-state index in [-0.39, 0.29) is 6.10 Å². The van der Waals surface area contributed by atoms with Gasteiger partial charge in [-0.1, -0.05) is 5.16 Å². The summed E-state index contributed by atoms with van der Waals surface area (Å²) in [7, 11) is 0. The first kappa shape index (κ1) is 12.1. The molecule has 2 aromatic heterocycles. The first-order valence-corrected chi connectivity index (χ1v) is 6.92. The second-order valence-electron chi connectivity index (χ2n) is 3.94. The third-order valence-corrected chi connectivity index (χ3v) is 3.65. The molecule has 0 aromatic carbocycles. The van der Waals surface area contributed by atoms with Crippen molar-refractivity contribution in [1.82, 2.24) is 15.1 Å². The highest BCUT2D eigenvalue weighted by Crippen LogP contribution is 2.26. The smallest absolute Gasteiger partial charge is 0.276 e. The first-order chi connectivity index (χ1) is 9.36. The fraction of sp³-hybridized carbons (Fsp3) is 0.333. The fourth-order valence-electron chi connectivity index (χ4n) is 1.69. The van der Waals surface area contributed by atoms with Crippen LogP contribution in [0.2, 0.25) is 0 Å². The molecule has 0 spiro atoms. The Labute approximate surface area is 113 Å². The molecule has 3 heterocycles. The van der Waals surface area contributed by atoms with Gasteiger partial charge in [0.2, 0.25) is 5.82 Å². The van der Waals surface area contributed by atoms with Gasteiger partial charge in [-0.2, -0.15) is 22.0 Å². The molecular formula is C12H10N4O2S. The normalized spacial score (nSPS) is 19.0. The van der Waals surface area contributed by atoms with Gasteiger partial charge in [-0.25, -0.2) is 4.98 Å². The Morgan fingerprint density at radius 2 is 2.37 bits per heavy atom. The van der Waals surface area contributed by atoms with E-state index in [1.165, 1.54) is 6.20 Å². The summed E-state index contributed by atoms with van der Waals surface area (Å²) in [5.74, 6) is 2.73. The molecule has 1 aliphatic rings. The molecule has 2 aromatic rings. The summed E-state index contributed by atoms with van der Waals surface area (Å²) < 4.78 is 10.8. The van der Waals surface area contributed by atoms with Crippen molar-refractivity contribution >= 4 is 11.8 Å². The Bertz CT molecular complexity index is 599. The average Bonchev–Trinajstić information content (AvgIpc) is 2.98. The number of nitrogens with zero attached hydrogens (tertiary/aromatic N) is 4. The van der Waals surface area contributed by atoms with Gasteiger partial charge in [0.1, 0.15) is 17.9 Å². The average molecular weight is 274 g/mol. The van der Waals surface area contributed by atoms with E-state index in [4.69, 9.17) is 14.5 Å². The van der Waals surface area contributed by atoms with Gasteiger partial charge < -0.3 is 9.26 Å². The van der Waals surface area contributed by atoms with Crippen molar-refractivity contribution < 1.29 is 9.26 Å². The molecule has 19 heavy (non-hydrogen) atoms. The molecule has 0 aliphatic carbocycles. The van der Waals surface area contributed by atoms with Gasteiger partial charge in [0, 0.05) is 17.7 Å². The number of ether oxygens (including phenoxy) is 1. The zero-order valence-corrected chi connectivity index (χ0v) is 10.8. The molecular weight excluding hydrogens is 264 g/mol. The monoisotopic (exact) mass is 274 g/mol. The van der Waals surface area contributed by atoms with Crippen LogP contribution in [-0.2, 0) is 4.74 Å². The molecule has 0 saturated carbocycles. The van der Waals surface area contributed by atoms with Crippen molar-refractivity contribution in [3.63, 3.8) is 0 Å². The molecule has 0 bridgehead atoms. The number of nitriles is 1. The summed E-state index contributed by atoms with van der Waals surface area (Å²) in [6.07, 6.45) is 1.36. The van der Waals surface area contributed by atoms with Gasteiger partial charge in [-0.3, -0.25) is 0 Å². The predicted octanol–water partition coefficient (Wildman–Crippen LogP) is 1.81. The Kier molecular flexibility index (Phi) is 3.44. The summed E-state index contributed by atoms with van der Waals surface area (Å²) in [5.41, 5.74) is 1.05. The molecule has 0 radical (unpaired) electrons. The van der Waals surface area contributed by atoms with Gasteiger partial charge in [-0.05, 0) is 12.1 Å². The number of pyridine rings is 1. The van der Waals surface area contributed by atoms with Crippen molar-refractivity contribution in [3.8, 4) is 17.7 Å². The van der Waals surface area contributed by atoms with E-state index in [1.807, 2.05) is 17.8 Å². The van der Waals surface area contributed by atoms with E-state index in [0.29, 0.717) is 29.6 Å². The zero-order valence-electron chi connectivity index (χ0n) is 9.94. The number of aromatic nitrogens is 3. The van der Waals surface area contributed by atoms with Crippen molar-refractivity contribution in [3.05, 3.63) is 29.7 Å². The third kappa shape index (κ3) is 2.59. The van der Waals surface area contributed by atoms with E-state index >= 15 is 0 Å². The molecule has 1 aliphatic heterocycles. The summed E-state index contributed by atoms with van der Waals surface area (Å²) in [6.45, 7) is 0.703. The van der Waals surface area contributed by atoms with Crippen LogP contribution in [-0.4, -0.2) is 33.2 Å². The summed E-state index contributed by atoms with van der Waals surface area (Å²) in [6, 6.07) is 5.36. The number of hydrogen-bond acceptors (Lipinski definition) is 7. The second-order valence-corrected chi connectivity index (χ2v) is 5.09. The minimum absolute atomic E-state index is 0.116. The van der Waals surface area contributed by atoms with Crippen molar-refractivity contribution in [1.29, 1.82) is 5.26 Å². The lowest BCUT2D eigenvalue weighted by Crippen LogP contribution is -2.16.